The van der Waals surface area contributed by atoms with E-state index in [1.165, 1.54) is 5.57 Å². The second-order valence-corrected chi connectivity index (χ2v) is 8.29. The Labute approximate surface area is 154 Å². The molecule has 0 spiro atoms. The van der Waals surface area contributed by atoms with Crippen molar-refractivity contribution >= 4 is 5.97 Å². The van der Waals surface area contributed by atoms with E-state index in [1.807, 2.05) is 18.3 Å². The number of allylic oxidation sites excluding steroid dienone is 1. The van der Waals surface area contributed by atoms with Gasteiger partial charge in [0.15, 0.2) is 0 Å². The molecule has 1 aliphatic heterocycles. The molecular weight excluding hydrogens is 328 g/mol. The molecule has 6 atom stereocenters. The molecule has 2 fully saturated rings. The van der Waals surface area contributed by atoms with Crippen molar-refractivity contribution < 1.29 is 14.6 Å². The van der Waals surface area contributed by atoms with Gasteiger partial charge in [-0.1, -0.05) is 31.6 Å². The summed E-state index contributed by atoms with van der Waals surface area (Å²) in [7, 11) is 0. The molecule has 5 nitrogen and oxygen atoms in total. The first-order valence-electron chi connectivity index (χ1n) is 9.69. The molecule has 2 heterocycles. The van der Waals surface area contributed by atoms with Crippen LogP contribution in [0, 0.1) is 23.2 Å². The molecule has 0 amide bonds. The number of hydrogen-bond acceptors (Lipinski definition) is 5. The minimum atomic E-state index is -0.542. The molecule has 2 N–H and O–H groups in total. The van der Waals surface area contributed by atoms with E-state index in [9.17, 15) is 9.90 Å². The lowest BCUT2D eigenvalue weighted by Crippen LogP contribution is -2.54. The zero-order valence-electron chi connectivity index (χ0n) is 15.5. The summed E-state index contributed by atoms with van der Waals surface area (Å²) in [4.78, 5) is 16.6. The van der Waals surface area contributed by atoms with Crippen LogP contribution in [0.4, 0.5) is 0 Å². The third-order valence-electron chi connectivity index (χ3n) is 6.99. The Kier molecular flexibility index (Phi) is 4.61. The lowest BCUT2D eigenvalue weighted by atomic mass is 9.55. The molecule has 6 unspecified atom stereocenters. The summed E-state index contributed by atoms with van der Waals surface area (Å²) in [5.74, 6) is -0.183. The second kappa shape index (κ2) is 6.78. The van der Waals surface area contributed by atoms with Crippen LogP contribution in [0.1, 0.15) is 38.7 Å². The normalized spacial score (nSPS) is 39.0. The summed E-state index contributed by atoms with van der Waals surface area (Å²) in [6, 6.07) is 3.91. The van der Waals surface area contributed by atoms with E-state index in [0.717, 1.165) is 24.8 Å². The molecular formula is C21H28N2O3. The average molecular weight is 356 g/mol. The first kappa shape index (κ1) is 17.7. The van der Waals surface area contributed by atoms with E-state index < -0.39 is 6.10 Å². The Morgan fingerprint density at radius 2 is 2.31 bits per heavy atom. The number of carbonyl (C=O) groups is 1. The molecule has 2 aliphatic carbocycles. The van der Waals surface area contributed by atoms with Gasteiger partial charge in [0.1, 0.15) is 6.10 Å². The lowest BCUT2D eigenvalue weighted by Gasteiger charge is -2.51. The summed E-state index contributed by atoms with van der Waals surface area (Å²) in [6.07, 6.45) is 8.02. The first-order chi connectivity index (χ1) is 12.5. The number of esters is 1. The van der Waals surface area contributed by atoms with E-state index in [1.54, 1.807) is 6.20 Å². The van der Waals surface area contributed by atoms with Crippen molar-refractivity contribution in [1.29, 1.82) is 0 Å². The van der Waals surface area contributed by atoms with Crippen LogP contribution in [0.25, 0.3) is 0 Å². The van der Waals surface area contributed by atoms with Crippen molar-refractivity contribution in [1.82, 2.24) is 10.3 Å². The van der Waals surface area contributed by atoms with Crippen LogP contribution in [0.15, 0.2) is 36.2 Å². The highest BCUT2D eigenvalue weighted by Gasteiger charge is 2.59. The maximum absolute atomic E-state index is 12.5. The zero-order chi connectivity index (χ0) is 18.3. The van der Waals surface area contributed by atoms with Gasteiger partial charge in [-0.15, -0.1) is 0 Å². The van der Waals surface area contributed by atoms with Crippen LogP contribution in [-0.2, 0) is 16.1 Å². The lowest BCUT2D eigenvalue weighted by molar-refractivity contribution is -0.144. The Morgan fingerprint density at radius 3 is 3.08 bits per heavy atom. The van der Waals surface area contributed by atoms with Gasteiger partial charge in [0.2, 0.25) is 0 Å². The van der Waals surface area contributed by atoms with Gasteiger partial charge in [-0.3, -0.25) is 9.78 Å². The molecule has 0 radical (unpaired) electrons. The molecule has 1 aromatic heterocycles. The third-order valence-corrected chi connectivity index (χ3v) is 6.99. The van der Waals surface area contributed by atoms with Crippen molar-refractivity contribution in [2.24, 2.45) is 23.2 Å². The molecule has 26 heavy (non-hydrogen) atoms. The Morgan fingerprint density at radius 1 is 1.46 bits per heavy atom. The summed E-state index contributed by atoms with van der Waals surface area (Å²) in [5, 5.41) is 14.7. The van der Waals surface area contributed by atoms with E-state index in [0.29, 0.717) is 19.0 Å². The molecule has 4 rings (SSSR count). The number of nitrogens with one attached hydrogen (secondary N) is 1. The first-order valence-corrected chi connectivity index (χ1v) is 9.69. The minimum absolute atomic E-state index is 0.133. The largest absolute Gasteiger partial charge is 0.461 e. The fourth-order valence-electron chi connectivity index (χ4n) is 5.17. The summed E-state index contributed by atoms with van der Waals surface area (Å²) in [5.41, 5.74) is 2.12. The van der Waals surface area contributed by atoms with Crippen molar-refractivity contribution in [3.63, 3.8) is 0 Å². The Balaban J connectivity index is 1.50. The predicted octanol–water partition coefficient (Wildman–Crippen LogP) is 2.46. The topological polar surface area (TPSA) is 71.5 Å². The molecule has 1 aromatic rings. The van der Waals surface area contributed by atoms with Crippen LogP contribution >= 0.6 is 0 Å². The minimum Gasteiger partial charge on any atom is -0.461 e. The average Bonchev–Trinajstić information content (AvgIpc) is 2.94. The SMILES string of the molecule is CC1CCC=C2CC3OC(=O)C(CNCc4cccnc4)C3C(O)C21C. The van der Waals surface area contributed by atoms with Gasteiger partial charge in [-0.2, -0.15) is 0 Å². The Bertz CT molecular complexity index is 704. The van der Waals surface area contributed by atoms with Crippen molar-refractivity contribution in [2.75, 3.05) is 6.54 Å². The number of aromatic nitrogens is 1. The maximum atomic E-state index is 12.5. The number of hydrogen-bond donors (Lipinski definition) is 2. The molecule has 0 aromatic carbocycles. The molecule has 1 saturated carbocycles. The maximum Gasteiger partial charge on any atom is 0.311 e. The van der Waals surface area contributed by atoms with Crippen LogP contribution in [-0.4, -0.2) is 34.8 Å². The highest BCUT2D eigenvalue weighted by Crippen LogP contribution is 2.55. The van der Waals surface area contributed by atoms with Gasteiger partial charge in [0.05, 0.1) is 12.0 Å². The van der Waals surface area contributed by atoms with E-state index in [4.69, 9.17) is 4.74 Å². The summed E-state index contributed by atoms with van der Waals surface area (Å²) >= 11 is 0. The number of fused-ring (bicyclic) bond motifs is 2. The summed E-state index contributed by atoms with van der Waals surface area (Å²) < 4.78 is 5.69. The van der Waals surface area contributed by atoms with Gasteiger partial charge >= 0.3 is 5.97 Å². The number of carbonyl (C=O) groups excluding carboxylic acids is 1. The molecule has 3 aliphatic rings. The Hall–Kier alpha value is -1.72. The van der Waals surface area contributed by atoms with Crippen LogP contribution in [0.5, 0.6) is 0 Å². The fourth-order valence-corrected chi connectivity index (χ4v) is 5.17. The van der Waals surface area contributed by atoms with Gasteiger partial charge in [-0.05, 0) is 30.4 Å². The van der Waals surface area contributed by atoms with Gasteiger partial charge in [0, 0.05) is 43.2 Å². The van der Waals surface area contributed by atoms with E-state index in [2.05, 4.69) is 30.2 Å². The predicted molar refractivity (Wildman–Crippen MR) is 98.0 cm³/mol. The van der Waals surface area contributed by atoms with Crippen molar-refractivity contribution in [3.8, 4) is 0 Å². The van der Waals surface area contributed by atoms with Crippen molar-refractivity contribution in [3.05, 3.63) is 41.7 Å². The molecule has 140 valence electrons. The zero-order valence-corrected chi connectivity index (χ0v) is 15.5. The standard InChI is InChI=1S/C21H28N2O3/c1-13-5-3-7-15-9-17-18(19(24)21(13,15)2)16(20(25)26-17)12-23-11-14-6-4-8-22-10-14/h4,6-8,10,13,16-19,23-24H,3,5,9,11-12H2,1-2H3. The molecule has 0 bridgehead atoms. The highest BCUT2D eigenvalue weighted by molar-refractivity contribution is 5.76. The van der Waals surface area contributed by atoms with Gasteiger partial charge in [-0.25, -0.2) is 0 Å². The highest BCUT2D eigenvalue weighted by atomic mass is 16.6. The number of ether oxygens (including phenoxy) is 1. The van der Waals surface area contributed by atoms with E-state index >= 15 is 0 Å². The van der Waals surface area contributed by atoms with E-state index in [-0.39, 0.29) is 29.3 Å². The number of aliphatic hydroxyl groups is 1. The number of pyridine rings is 1. The third kappa shape index (κ3) is 2.78. The fraction of sp³-hybridized carbons (Fsp3) is 0.619. The van der Waals surface area contributed by atoms with Gasteiger partial charge in [0.25, 0.3) is 0 Å². The quantitative estimate of drug-likeness (QED) is 0.640. The second-order valence-electron chi connectivity index (χ2n) is 8.29. The molecule has 1 saturated heterocycles. The molecule has 5 heteroatoms. The number of aliphatic hydroxyl groups excluding tert-OH is 1. The summed E-state index contributed by atoms with van der Waals surface area (Å²) in [6.45, 7) is 5.58. The van der Waals surface area contributed by atoms with Gasteiger partial charge < -0.3 is 15.2 Å². The van der Waals surface area contributed by atoms with Crippen LogP contribution in [0.2, 0.25) is 0 Å². The number of rotatable bonds is 4. The monoisotopic (exact) mass is 356 g/mol. The van der Waals surface area contributed by atoms with Crippen molar-refractivity contribution in [2.45, 2.75) is 51.9 Å². The van der Waals surface area contributed by atoms with Crippen LogP contribution in [0.3, 0.4) is 0 Å². The smallest absolute Gasteiger partial charge is 0.311 e. The number of nitrogens with zero attached hydrogens (tertiary/aromatic N) is 1. The van der Waals surface area contributed by atoms with Crippen LogP contribution < -0.4 is 5.32 Å².